The maximum atomic E-state index is 12.8. The summed E-state index contributed by atoms with van der Waals surface area (Å²) >= 11 is 12.0. The number of benzene rings is 1. The number of imidazole rings is 1. The second-order valence-electron chi connectivity index (χ2n) is 6.31. The number of nitrogens with zero attached hydrogens (tertiary/aromatic N) is 6. The molecule has 4 heterocycles. The van der Waals surface area contributed by atoms with Crippen LogP contribution in [0.25, 0.3) is 22.2 Å². The average molecular weight is 440 g/mol. The molecule has 11 heteroatoms. The number of fused-ring (bicyclic) bond motifs is 2. The van der Waals surface area contributed by atoms with Crippen molar-refractivity contribution in [1.82, 2.24) is 34.5 Å². The summed E-state index contributed by atoms with van der Waals surface area (Å²) in [5.74, 6) is 1.36. The second kappa shape index (κ2) is 7.36. The van der Waals surface area contributed by atoms with Crippen molar-refractivity contribution in [3.05, 3.63) is 75.4 Å². The molecule has 4 aromatic heterocycles. The van der Waals surface area contributed by atoms with Crippen molar-refractivity contribution in [3.63, 3.8) is 0 Å². The largest absolute Gasteiger partial charge is 0.437 e. The summed E-state index contributed by atoms with van der Waals surface area (Å²) in [7, 11) is 0. The number of aromatic nitrogens is 7. The van der Waals surface area contributed by atoms with E-state index in [0.29, 0.717) is 44.7 Å². The van der Waals surface area contributed by atoms with E-state index in [-0.39, 0.29) is 17.1 Å². The van der Waals surface area contributed by atoms with Crippen molar-refractivity contribution in [2.75, 3.05) is 0 Å². The minimum atomic E-state index is -0.291. The lowest BCUT2D eigenvalue weighted by atomic mass is 10.3. The van der Waals surface area contributed by atoms with Gasteiger partial charge in [0, 0.05) is 11.2 Å². The lowest BCUT2D eigenvalue weighted by Crippen LogP contribution is -2.22. The van der Waals surface area contributed by atoms with Crippen molar-refractivity contribution in [2.45, 2.75) is 6.54 Å². The number of pyridine rings is 1. The summed E-state index contributed by atoms with van der Waals surface area (Å²) in [6, 6.07) is 6.89. The van der Waals surface area contributed by atoms with Crippen molar-refractivity contribution >= 4 is 45.4 Å². The lowest BCUT2D eigenvalue weighted by Gasteiger charge is -2.05. The van der Waals surface area contributed by atoms with E-state index in [1.54, 1.807) is 24.3 Å². The fourth-order valence-corrected chi connectivity index (χ4v) is 3.27. The van der Waals surface area contributed by atoms with Gasteiger partial charge in [0.1, 0.15) is 11.6 Å². The summed E-state index contributed by atoms with van der Waals surface area (Å²) in [6.07, 6.45) is 5.79. The van der Waals surface area contributed by atoms with E-state index in [1.807, 2.05) is 0 Å². The van der Waals surface area contributed by atoms with Crippen molar-refractivity contribution in [2.24, 2.45) is 0 Å². The zero-order valence-electron chi connectivity index (χ0n) is 15.1. The zero-order valence-corrected chi connectivity index (χ0v) is 16.6. The molecule has 1 aromatic carbocycles. The summed E-state index contributed by atoms with van der Waals surface area (Å²) < 4.78 is 7.08. The van der Waals surface area contributed by atoms with Gasteiger partial charge >= 0.3 is 0 Å². The van der Waals surface area contributed by atoms with Gasteiger partial charge in [-0.3, -0.25) is 14.3 Å². The van der Waals surface area contributed by atoms with Crippen LogP contribution in [-0.4, -0.2) is 34.5 Å². The van der Waals surface area contributed by atoms with Crippen molar-refractivity contribution in [3.8, 4) is 11.6 Å². The van der Waals surface area contributed by atoms with E-state index in [4.69, 9.17) is 27.9 Å². The van der Waals surface area contributed by atoms with Gasteiger partial charge in [-0.1, -0.05) is 23.2 Å². The number of ether oxygens (including phenoxy) is 1. The predicted octanol–water partition coefficient (Wildman–Crippen LogP) is 3.61. The number of H-pyrrole nitrogens is 1. The molecule has 5 rings (SSSR count). The molecular weight excluding hydrogens is 429 g/mol. The van der Waals surface area contributed by atoms with Gasteiger partial charge in [0.2, 0.25) is 5.88 Å². The Morgan fingerprint density at radius 1 is 1.03 bits per heavy atom. The third-order valence-corrected chi connectivity index (χ3v) is 4.82. The molecule has 0 amide bonds. The van der Waals surface area contributed by atoms with Crippen LogP contribution < -0.4 is 10.3 Å². The van der Waals surface area contributed by atoms with Crippen LogP contribution in [0, 0.1) is 0 Å². The second-order valence-corrected chi connectivity index (χ2v) is 7.16. The van der Waals surface area contributed by atoms with Gasteiger partial charge in [-0.05, 0) is 24.3 Å². The first kappa shape index (κ1) is 18.5. The third kappa shape index (κ3) is 3.44. The molecule has 0 radical (unpaired) electrons. The standard InChI is InChI=1S/C19H11Cl2N7O2/c20-10-1-3-11(4-2-10)30-15-7-23-17-18(27-15)26-14(25-17)8-28-9-24-13-6-22-5-12(21)16(13)19(28)29/h1-7,9H,8H2,(H,23,25,26,27). The van der Waals surface area contributed by atoms with Crippen LogP contribution in [0.1, 0.15) is 5.82 Å². The highest BCUT2D eigenvalue weighted by Gasteiger charge is 2.12. The number of nitrogens with one attached hydrogen (secondary N) is 1. The molecule has 9 nitrogen and oxygen atoms in total. The Morgan fingerprint density at radius 2 is 1.87 bits per heavy atom. The zero-order chi connectivity index (χ0) is 20.7. The normalized spacial score (nSPS) is 11.3. The molecule has 0 saturated heterocycles. The van der Waals surface area contributed by atoms with Gasteiger partial charge in [-0.25, -0.2) is 15.0 Å². The molecule has 0 unspecified atom stereocenters. The summed E-state index contributed by atoms with van der Waals surface area (Å²) in [4.78, 5) is 37.0. The number of hydrogen-bond acceptors (Lipinski definition) is 7. The number of hydrogen-bond donors (Lipinski definition) is 1. The van der Waals surface area contributed by atoms with E-state index >= 15 is 0 Å². The Balaban J connectivity index is 1.45. The average Bonchev–Trinajstić information content (AvgIpc) is 3.13. The molecule has 0 fully saturated rings. The van der Waals surface area contributed by atoms with Crippen LogP contribution in [0.5, 0.6) is 11.6 Å². The molecule has 0 spiro atoms. The van der Waals surface area contributed by atoms with Crippen LogP contribution in [0.3, 0.4) is 0 Å². The minimum absolute atomic E-state index is 0.145. The SMILES string of the molecule is O=c1c2c(Cl)cncc2ncn1Cc1nc2ncc(Oc3ccc(Cl)cc3)nc2[nH]1. The van der Waals surface area contributed by atoms with Crippen molar-refractivity contribution in [1.29, 1.82) is 0 Å². The molecule has 5 aromatic rings. The molecule has 0 aliphatic heterocycles. The Kier molecular flexibility index (Phi) is 4.53. The van der Waals surface area contributed by atoms with E-state index < -0.39 is 0 Å². The lowest BCUT2D eigenvalue weighted by molar-refractivity contribution is 0.462. The first-order chi connectivity index (χ1) is 14.6. The molecule has 0 atom stereocenters. The van der Waals surface area contributed by atoms with E-state index in [9.17, 15) is 4.79 Å². The quantitative estimate of drug-likeness (QED) is 0.455. The topological polar surface area (TPSA) is 111 Å². The van der Waals surface area contributed by atoms with Gasteiger partial charge < -0.3 is 9.72 Å². The molecule has 0 bridgehead atoms. The summed E-state index contributed by atoms with van der Waals surface area (Å²) in [5.41, 5.74) is 0.971. The highest BCUT2D eigenvalue weighted by Crippen LogP contribution is 2.22. The van der Waals surface area contributed by atoms with E-state index in [0.717, 1.165) is 0 Å². The van der Waals surface area contributed by atoms with Gasteiger partial charge in [-0.15, -0.1) is 0 Å². The summed E-state index contributed by atoms with van der Waals surface area (Å²) in [5, 5.41) is 1.16. The predicted molar refractivity (Wildman–Crippen MR) is 111 cm³/mol. The van der Waals surface area contributed by atoms with Crippen LogP contribution in [0.15, 0.2) is 54.0 Å². The van der Waals surface area contributed by atoms with Crippen LogP contribution in [-0.2, 0) is 6.54 Å². The monoisotopic (exact) mass is 439 g/mol. The van der Waals surface area contributed by atoms with Gasteiger partial charge in [0.25, 0.3) is 5.56 Å². The van der Waals surface area contributed by atoms with E-state index in [2.05, 4.69) is 29.9 Å². The fourth-order valence-electron chi connectivity index (χ4n) is 2.91. The molecule has 30 heavy (non-hydrogen) atoms. The number of rotatable bonds is 4. The molecule has 1 N–H and O–H groups in total. The van der Waals surface area contributed by atoms with Gasteiger partial charge in [0.05, 0.1) is 41.2 Å². The smallest absolute Gasteiger partial charge is 0.263 e. The maximum absolute atomic E-state index is 12.8. The Hall–Kier alpha value is -3.56. The van der Waals surface area contributed by atoms with Gasteiger partial charge in [-0.2, -0.15) is 4.98 Å². The first-order valence-electron chi connectivity index (χ1n) is 8.70. The van der Waals surface area contributed by atoms with Gasteiger partial charge in [0.15, 0.2) is 11.3 Å². The molecule has 0 aliphatic rings. The minimum Gasteiger partial charge on any atom is -0.437 e. The molecule has 148 valence electrons. The van der Waals surface area contributed by atoms with Crippen LogP contribution in [0.2, 0.25) is 10.0 Å². The summed E-state index contributed by atoms with van der Waals surface area (Å²) in [6.45, 7) is 0.145. The van der Waals surface area contributed by atoms with E-state index in [1.165, 1.54) is 29.5 Å². The Morgan fingerprint density at radius 3 is 2.70 bits per heavy atom. The van der Waals surface area contributed by atoms with Crippen LogP contribution >= 0.6 is 23.2 Å². The molecule has 0 aliphatic carbocycles. The number of aromatic amines is 1. The Bertz CT molecular complexity index is 1450. The highest BCUT2D eigenvalue weighted by atomic mass is 35.5. The molecular formula is C19H11Cl2N7O2. The first-order valence-corrected chi connectivity index (χ1v) is 9.46. The Labute approximate surface area is 178 Å². The maximum Gasteiger partial charge on any atom is 0.263 e. The third-order valence-electron chi connectivity index (χ3n) is 4.28. The van der Waals surface area contributed by atoms with Crippen LogP contribution in [0.4, 0.5) is 0 Å². The number of halogens is 2. The molecule has 0 saturated carbocycles. The van der Waals surface area contributed by atoms with Crippen molar-refractivity contribution < 1.29 is 4.74 Å². The fraction of sp³-hybridized carbons (Fsp3) is 0.0526. The highest BCUT2D eigenvalue weighted by molar-refractivity contribution is 6.35.